The molecule has 0 spiro atoms. The molecule has 2 N–H and O–H groups in total. The predicted octanol–water partition coefficient (Wildman–Crippen LogP) is 4.21. The maximum absolute atomic E-state index is 13.4. The van der Waals surface area contributed by atoms with Crippen molar-refractivity contribution in [3.05, 3.63) is 71.3 Å². The van der Waals surface area contributed by atoms with Crippen LogP contribution in [-0.4, -0.2) is 22.4 Å². The van der Waals surface area contributed by atoms with Crippen molar-refractivity contribution in [3.63, 3.8) is 0 Å². The Kier molecular flexibility index (Phi) is 6.20. The zero-order chi connectivity index (χ0) is 19.9. The number of aromatic nitrogens is 2. The van der Waals surface area contributed by atoms with Crippen molar-refractivity contribution in [2.45, 2.75) is 6.92 Å². The molecule has 140 valence electrons. The summed E-state index contributed by atoms with van der Waals surface area (Å²) in [6.45, 7) is 2.01. The van der Waals surface area contributed by atoms with Gasteiger partial charge in [-0.2, -0.15) is 0 Å². The first-order valence-corrected chi connectivity index (χ1v) is 8.81. The Balaban J connectivity index is 1.83. The van der Waals surface area contributed by atoms with Crippen LogP contribution in [0.25, 0.3) is 10.9 Å². The lowest BCUT2D eigenvalue weighted by Gasteiger charge is -2.09. The summed E-state index contributed by atoms with van der Waals surface area (Å²) < 4.78 is 13.4. The molecule has 0 aliphatic carbocycles. The number of anilines is 2. The Morgan fingerprint density at radius 1 is 1.25 bits per heavy atom. The highest BCUT2D eigenvalue weighted by Gasteiger charge is 2.07. The van der Waals surface area contributed by atoms with Gasteiger partial charge in [0.15, 0.2) is 0 Å². The van der Waals surface area contributed by atoms with Crippen LogP contribution in [0.2, 0.25) is 5.02 Å². The quantitative estimate of drug-likeness (QED) is 0.514. The molecule has 0 fully saturated rings. The third-order valence-corrected chi connectivity index (χ3v) is 4.01. The van der Waals surface area contributed by atoms with Crippen LogP contribution in [0, 0.1) is 17.7 Å². The molecule has 0 unspecified atom stereocenters. The molecule has 5 nitrogen and oxygen atoms in total. The number of nitrogens with zero attached hydrogens (tertiary/aromatic N) is 2. The second kappa shape index (κ2) is 8.98. The Hall–Kier alpha value is -3.43. The average Bonchev–Trinajstić information content (AvgIpc) is 2.69. The van der Waals surface area contributed by atoms with Gasteiger partial charge in [-0.15, -0.1) is 0 Å². The number of hydrogen-bond donors (Lipinski definition) is 2. The molecule has 0 radical (unpaired) electrons. The maximum atomic E-state index is 13.4. The van der Waals surface area contributed by atoms with E-state index < -0.39 is 5.82 Å². The first kappa shape index (κ1) is 19.3. The van der Waals surface area contributed by atoms with Gasteiger partial charge in [0.25, 0.3) is 0 Å². The van der Waals surface area contributed by atoms with Gasteiger partial charge < -0.3 is 10.6 Å². The third-order valence-electron chi connectivity index (χ3n) is 3.72. The van der Waals surface area contributed by atoms with E-state index in [2.05, 4.69) is 32.4 Å². The molecule has 0 bridgehead atoms. The van der Waals surface area contributed by atoms with Crippen molar-refractivity contribution in [1.82, 2.24) is 15.3 Å². The largest absolute Gasteiger partial charge is 0.342 e. The van der Waals surface area contributed by atoms with Gasteiger partial charge in [-0.3, -0.25) is 4.79 Å². The molecular weight excluding hydrogens is 379 g/mol. The predicted molar refractivity (Wildman–Crippen MR) is 109 cm³/mol. The number of fused-ring (bicyclic) bond motifs is 1. The molecule has 1 amide bonds. The van der Waals surface area contributed by atoms with E-state index in [1.54, 1.807) is 19.1 Å². The van der Waals surface area contributed by atoms with E-state index in [4.69, 9.17) is 11.6 Å². The summed E-state index contributed by atoms with van der Waals surface area (Å²) in [4.78, 5) is 19.9. The molecule has 1 heterocycles. The third kappa shape index (κ3) is 4.84. The van der Waals surface area contributed by atoms with E-state index >= 15 is 0 Å². The number of hydrogen-bond acceptors (Lipinski definition) is 4. The van der Waals surface area contributed by atoms with Crippen LogP contribution in [-0.2, 0) is 4.79 Å². The summed E-state index contributed by atoms with van der Waals surface area (Å²) in [6.07, 6.45) is 4.54. The molecule has 0 saturated carbocycles. The molecule has 0 saturated heterocycles. The minimum atomic E-state index is -0.487. The first-order valence-electron chi connectivity index (χ1n) is 8.43. The molecule has 0 aliphatic heterocycles. The van der Waals surface area contributed by atoms with Crippen molar-refractivity contribution < 1.29 is 9.18 Å². The van der Waals surface area contributed by atoms with Crippen LogP contribution in [0.1, 0.15) is 12.5 Å². The van der Waals surface area contributed by atoms with E-state index in [1.807, 2.05) is 18.2 Å². The lowest BCUT2D eigenvalue weighted by atomic mass is 10.1. The second-order valence-corrected chi connectivity index (χ2v) is 6.13. The zero-order valence-electron chi connectivity index (χ0n) is 15.0. The number of carbonyl (C=O) groups is 1. The van der Waals surface area contributed by atoms with Crippen LogP contribution in [0.5, 0.6) is 0 Å². The highest BCUT2D eigenvalue weighted by molar-refractivity contribution is 6.31. The normalized spacial score (nSPS) is 10.5. The fourth-order valence-electron chi connectivity index (χ4n) is 2.43. The lowest BCUT2D eigenvalue weighted by molar-refractivity contribution is -0.116. The summed E-state index contributed by atoms with van der Waals surface area (Å²) in [6, 6.07) is 9.88. The number of amides is 1. The molecule has 2 aromatic carbocycles. The molecule has 3 aromatic rings. The van der Waals surface area contributed by atoms with Crippen molar-refractivity contribution >= 4 is 39.9 Å². The number of rotatable bonds is 4. The van der Waals surface area contributed by atoms with Gasteiger partial charge in [-0.25, -0.2) is 14.4 Å². The topological polar surface area (TPSA) is 66.9 Å². The molecule has 0 aliphatic rings. The summed E-state index contributed by atoms with van der Waals surface area (Å²) in [7, 11) is 0. The van der Waals surface area contributed by atoms with Gasteiger partial charge in [-0.1, -0.05) is 29.5 Å². The van der Waals surface area contributed by atoms with E-state index in [0.29, 0.717) is 11.5 Å². The molecule has 0 atom stereocenters. The number of halogens is 2. The van der Waals surface area contributed by atoms with Crippen molar-refractivity contribution in [3.8, 4) is 11.8 Å². The molecule has 3 rings (SSSR count). The lowest BCUT2D eigenvalue weighted by Crippen LogP contribution is -2.20. The maximum Gasteiger partial charge on any atom is 0.244 e. The number of carbonyl (C=O) groups excluding carboxylic acids is 1. The minimum absolute atomic E-state index is 0.0230. The first-order chi connectivity index (χ1) is 13.6. The standard InChI is InChI=1S/C21H16ClFN4O/c1-2-4-20(28)24-10-3-5-14-6-9-19-16(11-14)21(26-13-25-19)27-15-7-8-18(23)17(22)12-15/h2,4,6-9,11-13H,10H2,1H3,(H,24,28)(H,25,26,27). The highest BCUT2D eigenvalue weighted by Crippen LogP contribution is 2.26. The Bertz CT molecular complexity index is 1120. The highest BCUT2D eigenvalue weighted by atomic mass is 35.5. The smallest absolute Gasteiger partial charge is 0.244 e. The van der Waals surface area contributed by atoms with Gasteiger partial charge >= 0.3 is 0 Å². The second-order valence-electron chi connectivity index (χ2n) is 5.73. The van der Waals surface area contributed by atoms with Gasteiger partial charge in [0.1, 0.15) is 18.0 Å². The van der Waals surface area contributed by atoms with Gasteiger partial charge in [0.05, 0.1) is 17.1 Å². The fourth-order valence-corrected chi connectivity index (χ4v) is 2.61. The van der Waals surface area contributed by atoms with Crippen LogP contribution < -0.4 is 10.6 Å². The summed E-state index contributed by atoms with van der Waals surface area (Å²) in [5.74, 6) is 5.78. The van der Waals surface area contributed by atoms with Crippen molar-refractivity contribution in [2.24, 2.45) is 0 Å². The van der Waals surface area contributed by atoms with E-state index in [0.717, 1.165) is 16.5 Å². The number of benzene rings is 2. The van der Waals surface area contributed by atoms with Gasteiger partial charge in [0, 0.05) is 16.6 Å². The average molecular weight is 395 g/mol. The summed E-state index contributed by atoms with van der Waals surface area (Å²) in [5.41, 5.74) is 2.09. The molecular formula is C21H16ClFN4O. The van der Waals surface area contributed by atoms with E-state index in [9.17, 15) is 9.18 Å². The molecule has 7 heteroatoms. The Morgan fingerprint density at radius 3 is 2.89 bits per heavy atom. The number of nitrogens with one attached hydrogen (secondary N) is 2. The van der Waals surface area contributed by atoms with Crippen molar-refractivity contribution in [2.75, 3.05) is 11.9 Å². The van der Waals surface area contributed by atoms with Gasteiger partial charge in [-0.05, 0) is 49.4 Å². The van der Waals surface area contributed by atoms with Crippen LogP contribution in [0.15, 0.2) is 54.9 Å². The summed E-state index contributed by atoms with van der Waals surface area (Å²) >= 11 is 5.84. The van der Waals surface area contributed by atoms with E-state index in [1.165, 1.54) is 24.5 Å². The van der Waals surface area contributed by atoms with Crippen LogP contribution >= 0.6 is 11.6 Å². The van der Waals surface area contributed by atoms with E-state index in [-0.39, 0.29) is 17.5 Å². The van der Waals surface area contributed by atoms with Crippen molar-refractivity contribution in [1.29, 1.82) is 0 Å². The molecule has 28 heavy (non-hydrogen) atoms. The fraction of sp³-hybridized carbons (Fsp3) is 0.0952. The summed E-state index contributed by atoms with van der Waals surface area (Å²) in [5, 5.41) is 6.57. The van der Waals surface area contributed by atoms with Crippen LogP contribution in [0.4, 0.5) is 15.9 Å². The number of allylic oxidation sites excluding steroid dienone is 1. The Labute approximate surface area is 166 Å². The van der Waals surface area contributed by atoms with Crippen LogP contribution in [0.3, 0.4) is 0 Å². The minimum Gasteiger partial charge on any atom is -0.342 e. The van der Waals surface area contributed by atoms with Gasteiger partial charge in [0.2, 0.25) is 5.91 Å². The Morgan fingerprint density at radius 2 is 2.11 bits per heavy atom. The zero-order valence-corrected chi connectivity index (χ0v) is 15.7. The molecule has 1 aromatic heterocycles. The monoisotopic (exact) mass is 394 g/mol. The SMILES string of the molecule is CC=CC(=O)NCC#Cc1ccc2ncnc(Nc3ccc(F)c(Cl)c3)c2c1.